The van der Waals surface area contributed by atoms with E-state index in [1.807, 2.05) is 0 Å². The number of hydrogen-bond donors (Lipinski definition) is 0. The van der Waals surface area contributed by atoms with Gasteiger partial charge >= 0.3 is 11.7 Å². The quantitative estimate of drug-likeness (QED) is 0.169. The molecule has 0 radical (unpaired) electrons. The summed E-state index contributed by atoms with van der Waals surface area (Å²) in [5, 5.41) is 10.8. The topological polar surface area (TPSA) is 69.4 Å². The van der Waals surface area contributed by atoms with Crippen LogP contribution in [0.5, 0.6) is 5.75 Å². The highest BCUT2D eigenvalue weighted by molar-refractivity contribution is 5.73. The summed E-state index contributed by atoms with van der Waals surface area (Å²) in [6.07, 6.45) is 10.9. The van der Waals surface area contributed by atoms with Crippen molar-refractivity contribution in [1.82, 2.24) is 0 Å². The zero-order chi connectivity index (χ0) is 16.9. The molecule has 5 nitrogen and oxygen atoms in total. The Kier molecular flexibility index (Phi) is 9.68. The number of nitrogens with zero attached hydrogens (tertiary/aromatic N) is 1. The highest BCUT2D eigenvalue weighted by Gasteiger charge is 2.16. The van der Waals surface area contributed by atoms with E-state index in [-0.39, 0.29) is 11.4 Å². The van der Waals surface area contributed by atoms with Crippen LogP contribution in [0.15, 0.2) is 24.3 Å². The largest absolute Gasteiger partial charge is 0.419 e. The second-order valence-electron chi connectivity index (χ2n) is 5.78. The molecule has 23 heavy (non-hydrogen) atoms. The van der Waals surface area contributed by atoms with E-state index >= 15 is 0 Å². The molecule has 0 atom stereocenters. The number of carbonyl (C=O) groups excluding carboxylic acids is 1. The van der Waals surface area contributed by atoms with Gasteiger partial charge in [-0.1, -0.05) is 70.4 Å². The summed E-state index contributed by atoms with van der Waals surface area (Å²) in [5.74, 6) is -0.374. The molecule has 5 heteroatoms. The lowest BCUT2D eigenvalue weighted by atomic mass is 10.1. The predicted octanol–water partition coefficient (Wildman–Crippen LogP) is 5.42. The van der Waals surface area contributed by atoms with Gasteiger partial charge in [0.05, 0.1) is 4.92 Å². The van der Waals surface area contributed by atoms with Crippen molar-refractivity contribution in [2.45, 2.75) is 71.1 Å². The van der Waals surface area contributed by atoms with Crippen LogP contribution in [0.2, 0.25) is 0 Å². The Labute approximate surface area is 138 Å². The van der Waals surface area contributed by atoms with Gasteiger partial charge < -0.3 is 4.74 Å². The van der Waals surface area contributed by atoms with Gasteiger partial charge in [-0.05, 0) is 12.5 Å². The summed E-state index contributed by atoms with van der Waals surface area (Å²) in [6, 6.07) is 5.96. The molecule has 0 saturated heterocycles. The number of para-hydroxylation sites is 2. The van der Waals surface area contributed by atoms with E-state index in [0.717, 1.165) is 19.3 Å². The van der Waals surface area contributed by atoms with Crippen molar-refractivity contribution in [1.29, 1.82) is 0 Å². The SMILES string of the molecule is CCCCCCCCCCCC(=O)Oc1ccccc1[N+](=O)[O-]. The first-order valence-electron chi connectivity index (χ1n) is 8.59. The monoisotopic (exact) mass is 321 g/mol. The number of ether oxygens (including phenoxy) is 1. The molecule has 0 unspecified atom stereocenters. The van der Waals surface area contributed by atoms with E-state index in [9.17, 15) is 14.9 Å². The van der Waals surface area contributed by atoms with E-state index in [2.05, 4.69) is 6.92 Å². The lowest BCUT2D eigenvalue weighted by Crippen LogP contribution is -2.08. The smallest absolute Gasteiger partial charge is 0.311 e. The number of hydrogen-bond acceptors (Lipinski definition) is 4. The molecule has 128 valence electrons. The van der Waals surface area contributed by atoms with Crippen LogP contribution in [0.3, 0.4) is 0 Å². The lowest BCUT2D eigenvalue weighted by Gasteiger charge is -2.05. The second kappa shape index (κ2) is 11.6. The summed E-state index contributed by atoms with van der Waals surface area (Å²) in [5.41, 5.74) is -0.173. The number of unbranched alkanes of at least 4 members (excludes halogenated alkanes) is 8. The van der Waals surface area contributed by atoms with Crippen molar-refractivity contribution in [3.8, 4) is 5.75 Å². The summed E-state index contributed by atoms with van der Waals surface area (Å²) < 4.78 is 5.10. The number of benzene rings is 1. The van der Waals surface area contributed by atoms with Gasteiger partial charge in [0, 0.05) is 12.5 Å². The highest BCUT2D eigenvalue weighted by Crippen LogP contribution is 2.26. The average molecular weight is 321 g/mol. The van der Waals surface area contributed by atoms with Crippen molar-refractivity contribution in [3.05, 3.63) is 34.4 Å². The van der Waals surface area contributed by atoms with Crippen molar-refractivity contribution in [2.24, 2.45) is 0 Å². The van der Waals surface area contributed by atoms with E-state index in [1.54, 1.807) is 12.1 Å². The maximum absolute atomic E-state index is 11.7. The Morgan fingerprint density at radius 1 is 1.00 bits per heavy atom. The summed E-state index contributed by atoms with van der Waals surface area (Å²) in [6.45, 7) is 2.21. The Hall–Kier alpha value is -1.91. The first-order chi connectivity index (χ1) is 11.1. The Bertz CT molecular complexity index is 488. The van der Waals surface area contributed by atoms with E-state index in [4.69, 9.17) is 4.74 Å². The molecular weight excluding hydrogens is 294 g/mol. The van der Waals surface area contributed by atoms with Crippen molar-refractivity contribution >= 4 is 11.7 Å². The van der Waals surface area contributed by atoms with E-state index < -0.39 is 10.9 Å². The van der Waals surface area contributed by atoms with Gasteiger partial charge in [-0.3, -0.25) is 14.9 Å². The fraction of sp³-hybridized carbons (Fsp3) is 0.611. The van der Waals surface area contributed by atoms with Crippen LogP contribution in [0, 0.1) is 10.1 Å². The number of esters is 1. The minimum atomic E-state index is -0.541. The van der Waals surface area contributed by atoms with E-state index in [0.29, 0.717) is 6.42 Å². The minimum absolute atomic E-state index is 0.0263. The molecule has 1 aromatic carbocycles. The van der Waals surface area contributed by atoms with Crippen molar-refractivity contribution in [2.75, 3.05) is 0 Å². The molecule has 0 saturated carbocycles. The lowest BCUT2D eigenvalue weighted by molar-refractivity contribution is -0.385. The van der Waals surface area contributed by atoms with Crippen LogP contribution >= 0.6 is 0 Å². The maximum atomic E-state index is 11.7. The predicted molar refractivity (Wildman–Crippen MR) is 90.6 cm³/mol. The third kappa shape index (κ3) is 8.33. The fourth-order valence-corrected chi connectivity index (χ4v) is 2.45. The van der Waals surface area contributed by atoms with Gasteiger partial charge in [-0.25, -0.2) is 0 Å². The molecule has 0 aliphatic carbocycles. The first kappa shape index (κ1) is 19.1. The summed E-state index contributed by atoms with van der Waals surface area (Å²) in [7, 11) is 0. The molecule has 0 aromatic heterocycles. The third-order valence-corrected chi connectivity index (χ3v) is 3.77. The summed E-state index contributed by atoms with van der Waals surface area (Å²) in [4.78, 5) is 22.1. The maximum Gasteiger partial charge on any atom is 0.311 e. The molecule has 0 fully saturated rings. The minimum Gasteiger partial charge on any atom is -0.419 e. The van der Waals surface area contributed by atoms with Crippen LogP contribution in [-0.2, 0) is 4.79 Å². The highest BCUT2D eigenvalue weighted by atomic mass is 16.6. The van der Waals surface area contributed by atoms with Gasteiger partial charge in [0.15, 0.2) is 0 Å². The molecule has 0 aliphatic rings. The van der Waals surface area contributed by atoms with Crippen LogP contribution in [0.25, 0.3) is 0 Å². The van der Waals surface area contributed by atoms with Crippen LogP contribution in [0.1, 0.15) is 71.1 Å². The van der Waals surface area contributed by atoms with Gasteiger partial charge in [0.1, 0.15) is 0 Å². The molecule has 1 aromatic rings. The molecular formula is C18H27NO4. The van der Waals surface area contributed by atoms with Gasteiger partial charge in [-0.2, -0.15) is 0 Å². The van der Waals surface area contributed by atoms with E-state index in [1.165, 1.54) is 50.7 Å². The van der Waals surface area contributed by atoms with Gasteiger partial charge in [0.25, 0.3) is 0 Å². The van der Waals surface area contributed by atoms with Crippen LogP contribution in [-0.4, -0.2) is 10.9 Å². The Morgan fingerprint density at radius 2 is 1.57 bits per heavy atom. The van der Waals surface area contributed by atoms with Crippen LogP contribution in [0.4, 0.5) is 5.69 Å². The molecule has 0 aliphatic heterocycles. The third-order valence-electron chi connectivity index (χ3n) is 3.77. The van der Waals surface area contributed by atoms with Gasteiger partial charge in [0.2, 0.25) is 5.75 Å². The first-order valence-corrected chi connectivity index (χ1v) is 8.59. The summed E-state index contributed by atoms with van der Waals surface area (Å²) >= 11 is 0. The van der Waals surface area contributed by atoms with Gasteiger partial charge in [-0.15, -0.1) is 0 Å². The molecule has 1 rings (SSSR count). The second-order valence-corrected chi connectivity index (χ2v) is 5.78. The van der Waals surface area contributed by atoms with Crippen LogP contribution < -0.4 is 4.74 Å². The van der Waals surface area contributed by atoms with Crippen molar-refractivity contribution < 1.29 is 14.5 Å². The van der Waals surface area contributed by atoms with Crippen molar-refractivity contribution in [3.63, 3.8) is 0 Å². The molecule has 0 N–H and O–H groups in total. The zero-order valence-corrected chi connectivity index (χ0v) is 14.0. The molecule has 0 spiro atoms. The Balaban J connectivity index is 2.15. The number of rotatable bonds is 12. The number of nitro groups is 1. The molecule has 0 amide bonds. The zero-order valence-electron chi connectivity index (χ0n) is 14.0. The molecule has 0 heterocycles. The molecule has 0 bridgehead atoms. The average Bonchev–Trinajstić information content (AvgIpc) is 2.53. The number of nitro benzene ring substituents is 1. The standard InChI is InChI=1S/C18H27NO4/c1-2-3-4-5-6-7-8-9-10-15-18(20)23-17-14-12-11-13-16(17)19(21)22/h11-14H,2-10,15H2,1H3. The number of carbonyl (C=O) groups is 1. The fourth-order valence-electron chi connectivity index (χ4n) is 2.45. The Morgan fingerprint density at radius 3 is 2.17 bits per heavy atom. The normalized spacial score (nSPS) is 10.5.